The van der Waals surface area contributed by atoms with Crippen LogP contribution in [0.3, 0.4) is 0 Å². The van der Waals surface area contributed by atoms with Gasteiger partial charge in [-0.25, -0.2) is 0 Å². The molecule has 0 fully saturated rings. The molecule has 0 aliphatic carbocycles. The summed E-state index contributed by atoms with van der Waals surface area (Å²) in [4.78, 5) is 0. The fourth-order valence-electron chi connectivity index (χ4n) is 1.64. The van der Waals surface area contributed by atoms with Crippen LogP contribution in [-0.2, 0) is 4.74 Å². The van der Waals surface area contributed by atoms with E-state index in [1.165, 1.54) is 0 Å². The van der Waals surface area contributed by atoms with Crippen molar-refractivity contribution in [3.63, 3.8) is 0 Å². The molecule has 102 valence electrons. The molecule has 1 atom stereocenters. The highest BCUT2D eigenvalue weighted by molar-refractivity contribution is 5.29. The van der Waals surface area contributed by atoms with Crippen molar-refractivity contribution in [2.75, 3.05) is 13.2 Å². The Morgan fingerprint density at radius 1 is 1.22 bits per heavy atom. The molecule has 0 radical (unpaired) electrons. The van der Waals surface area contributed by atoms with Gasteiger partial charge in [-0.3, -0.25) is 11.3 Å². The van der Waals surface area contributed by atoms with Crippen molar-refractivity contribution in [2.45, 2.75) is 39.3 Å². The quantitative estimate of drug-likeness (QED) is 0.424. The van der Waals surface area contributed by atoms with E-state index in [2.05, 4.69) is 12.3 Å². The average Bonchev–Trinajstić information content (AvgIpc) is 2.35. The Morgan fingerprint density at radius 3 is 2.39 bits per heavy atom. The Bertz CT molecular complexity index is 325. The molecule has 4 heteroatoms. The van der Waals surface area contributed by atoms with Crippen LogP contribution in [0.5, 0.6) is 5.75 Å². The molecule has 3 N–H and O–H groups in total. The maximum absolute atomic E-state index is 5.60. The first-order valence-corrected chi connectivity index (χ1v) is 6.47. The Labute approximate surface area is 109 Å². The summed E-state index contributed by atoms with van der Waals surface area (Å²) in [6, 6.07) is 7.96. The summed E-state index contributed by atoms with van der Waals surface area (Å²) in [6.45, 7) is 7.44. The number of hydrogen-bond donors (Lipinski definition) is 2. The fourth-order valence-corrected chi connectivity index (χ4v) is 1.64. The molecule has 1 aromatic carbocycles. The van der Waals surface area contributed by atoms with Crippen molar-refractivity contribution in [3.8, 4) is 5.75 Å². The number of hydrogen-bond acceptors (Lipinski definition) is 4. The van der Waals surface area contributed by atoms with Crippen LogP contribution in [-0.4, -0.2) is 19.3 Å². The first kappa shape index (κ1) is 15.0. The largest absolute Gasteiger partial charge is 0.491 e. The van der Waals surface area contributed by atoms with E-state index < -0.39 is 0 Å². The van der Waals surface area contributed by atoms with Crippen LogP contribution in [0, 0.1) is 0 Å². The molecule has 0 aromatic heterocycles. The van der Waals surface area contributed by atoms with Gasteiger partial charge in [0, 0.05) is 6.61 Å². The highest BCUT2D eigenvalue weighted by Gasteiger charge is 2.09. The third-order valence-corrected chi connectivity index (χ3v) is 2.49. The van der Waals surface area contributed by atoms with Crippen LogP contribution < -0.4 is 16.0 Å². The van der Waals surface area contributed by atoms with Crippen molar-refractivity contribution in [3.05, 3.63) is 29.8 Å². The topological polar surface area (TPSA) is 56.5 Å². The standard InChI is InChI=1S/C14H24N2O2/c1-4-9-17-10-14(16-15)12-5-7-13(8-6-12)18-11(2)3/h5-8,11,14,16H,4,9-10,15H2,1-3H3. The average molecular weight is 252 g/mol. The summed E-state index contributed by atoms with van der Waals surface area (Å²) in [5.41, 5.74) is 3.87. The molecule has 0 aliphatic rings. The Hall–Kier alpha value is -1.10. The van der Waals surface area contributed by atoms with Crippen molar-refractivity contribution in [1.82, 2.24) is 5.43 Å². The lowest BCUT2D eigenvalue weighted by atomic mass is 10.1. The van der Waals surface area contributed by atoms with E-state index in [1.54, 1.807) is 0 Å². The molecule has 1 rings (SSSR count). The van der Waals surface area contributed by atoms with Gasteiger partial charge in [-0.05, 0) is 38.0 Å². The van der Waals surface area contributed by atoms with E-state index in [0.717, 1.165) is 24.3 Å². The van der Waals surface area contributed by atoms with Gasteiger partial charge in [-0.15, -0.1) is 0 Å². The summed E-state index contributed by atoms with van der Waals surface area (Å²) >= 11 is 0. The third-order valence-electron chi connectivity index (χ3n) is 2.49. The van der Waals surface area contributed by atoms with Crippen LogP contribution >= 0.6 is 0 Å². The molecule has 1 aromatic rings. The minimum atomic E-state index is 0.0182. The number of nitrogens with two attached hydrogens (primary N) is 1. The SMILES string of the molecule is CCCOCC(NN)c1ccc(OC(C)C)cc1. The summed E-state index contributed by atoms with van der Waals surface area (Å²) in [5.74, 6) is 6.42. The normalized spacial score (nSPS) is 12.7. The van der Waals surface area contributed by atoms with Gasteiger partial charge in [0.05, 0.1) is 18.8 Å². The summed E-state index contributed by atoms with van der Waals surface area (Å²) in [7, 11) is 0. The molecule has 1 unspecified atom stereocenters. The predicted octanol–water partition coefficient (Wildman–Crippen LogP) is 2.40. The van der Waals surface area contributed by atoms with Crippen LogP contribution in [0.2, 0.25) is 0 Å². The molecule has 0 bridgehead atoms. The zero-order valence-electron chi connectivity index (χ0n) is 11.5. The third kappa shape index (κ3) is 5.04. The molecule has 4 nitrogen and oxygen atoms in total. The van der Waals surface area contributed by atoms with Crippen LogP contribution in [0.1, 0.15) is 38.8 Å². The molecule has 0 amide bonds. The van der Waals surface area contributed by atoms with Crippen molar-refractivity contribution in [2.24, 2.45) is 5.84 Å². The minimum absolute atomic E-state index is 0.0182. The van der Waals surface area contributed by atoms with Crippen LogP contribution in [0.15, 0.2) is 24.3 Å². The van der Waals surface area contributed by atoms with Gasteiger partial charge in [0.25, 0.3) is 0 Å². The monoisotopic (exact) mass is 252 g/mol. The smallest absolute Gasteiger partial charge is 0.119 e. The summed E-state index contributed by atoms with van der Waals surface area (Å²) < 4.78 is 11.1. The van der Waals surface area contributed by atoms with E-state index in [1.807, 2.05) is 38.1 Å². The second-order valence-electron chi connectivity index (χ2n) is 4.53. The molecular weight excluding hydrogens is 228 g/mol. The Kier molecular flexibility index (Phi) is 6.72. The zero-order chi connectivity index (χ0) is 13.4. The van der Waals surface area contributed by atoms with E-state index in [4.69, 9.17) is 15.3 Å². The van der Waals surface area contributed by atoms with Crippen molar-refractivity contribution >= 4 is 0 Å². The molecule has 0 saturated heterocycles. The number of nitrogens with one attached hydrogen (secondary N) is 1. The number of ether oxygens (including phenoxy) is 2. The van der Waals surface area contributed by atoms with E-state index in [9.17, 15) is 0 Å². The van der Waals surface area contributed by atoms with Gasteiger partial charge in [0.1, 0.15) is 5.75 Å². The summed E-state index contributed by atoms with van der Waals surface area (Å²) in [6.07, 6.45) is 1.20. The minimum Gasteiger partial charge on any atom is -0.491 e. The molecule has 0 aliphatic heterocycles. The zero-order valence-corrected chi connectivity index (χ0v) is 11.5. The number of benzene rings is 1. The maximum atomic E-state index is 5.60. The van der Waals surface area contributed by atoms with Gasteiger partial charge in [0.2, 0.25) is 0 Å². The lowest BCUT2D eigenvalue weighted by Crippen LogP contribution is -2.31. The van der Waals surface area contributed by atoms with E-state index in [-0.39, 0.29) is 12.1 Å². The number of hydrazine groups is 1. The lowest BCUT2D eigenvalue weighted by molar-refractivity contribution is 0.112. The van der Waals surface area contributed by atoms with Gasteiger partial charge < -0.3 is 9.47 Å². The predicted molar refractivity (Wildman–Crippen MR) is 73.4 cm³/mol. The van der Waals surface area contributed by atoms with Gasteiger partial charge in [-0.2, -0.15) is 0 Å². The second-order valence-corrected chi connectivity index (χ2v) is 4.53. The second kappa shape index (κ2) is 8.08. The van der Waals surface area contributed by atoms with Crippen LogP contribution in [0.25, 0.3) is 0 Å². The van der Waals surface area contributed by atoms with Crippen LogP contribution in [0.4, 0.5) is 0 Å². The highest BCUT2D eigenvalue weighted by Crippen LogP contribution is 2.18. The number of rotatable bonds is 8. The molecule has 0 heterocycles. The highest BCUT2D eigenvalue weighted by atomic mass is 16.5. The Morgan fingerprint density at radius 2 is 1.89 bits per heavy atom. The molecule has 18 heavy (non-hydrogen) atoms. The molecule has 0 saturated carbocycles. The molecular formula is C14H24N2O2. The van der Waals surface area contributed by atoms with Gasteiger partial charge >= 0.3 is 0 Å². The first-order valence-electron chi connectivity index (χ1n) is 6.47. The van der Waals surface area contributed by atoms with E-state index in [0.29, 0.717) is 6.61 Å². The van der Waals surface area contributed by atoms with Crippen molar-refractivity contribution in [1.29, 1.82) is 0 Å². The van der Waals surface area contributed by atoms with Gasteiger partial charge in [-0.1, -0.05) is 19.1 Å². The van der Waals surface area contributed by atoms with E-state index >= 15 is 0 Å². The molecule has 0 spiro atoms. The maximum Gasteiger partial charge on any atom is 0.119 e. The lowest BCUT2D eigenvalue weighted by Gasteiger charge is -2.17. The Balaban J connectivity index is 2.57. The first-order chi connectivity index (χ1) is 8.67. The van der Waals surface area contributed by atoms with Gasteiger partial charge in [0.15, 0.2) is 0 Å². The summed E-state index contributed by atoms with van der Waals surface area (Å²) in [5, 5.41) is 0. The fraction of sp³-hybridized carbons (Fsp3) is 0.571. The van der Waals surface area contributed by atoms with Crippen molar-refractivity contribution < 1.29 is 9.47 Å².